The van der Waals surface area contributed by atoms with Gasteiger partial charge in [-0.3, -0.25) is 4.79 Å². The third-order valence-electron chi connectivity index (χ3n) is 12.9. The zero-order chi connectivity index (χ0) is 43.9. The van der Waals surface area contributed by atoms with Crippen LogP contribution in [0.3, 0.4) is 0 Å². The molecule has 6 unspecified atom stereocenters. The number of hydrogen-bond acceptors (Lipinski definition) is 8. The molecule has 0 bridgehead atoms. The second-order valence-corrected chi connectivity index (χ2v) is 18.5. The molecule has 9 heteroatoms. The first-order chi connectivity index (χ1) is 29.3. The first-order valence-corrected chi connectivity index (χ1v) is 25.9. The van der Waals surface area contributed by atoms with Gasteiger partial charge >= 0.3 is 0 Å². The van der Waals surface area contributed by atoms with Crippen molar-refractivity contribution in [2.75, 3.05) is 6.61 Å². The van der Waals surface area contributed by atoms with Crippen LogP contribution in [0, 0.1) is 0 Å². The molecule has 0 aromatic heterocycles. The van der Waals surface area contributed by atoms with E-state index in [1.54, 1.807) is 0 Å². The molecule has 1 rings (SSSR count). The molecule has 0 aromatic rings. The van der Waals surface area contributed by atoms with Crippen molar-refractivity contribution in [1.82, 2.24) is 5.32 Å². The van der Waals surface area contributed by atoms with Gasteiger partial charge in [0, 0.05) is 6.42 Å². The van der Waals surface area contributed by atoms with Crippen LogP contribution in [0.5, 0.6) is 0 Å². The van der Waals surface area contributed by atoms with Gasteiger partial charge in [-0.2, -0.15) is 0 Å². The van der Waals surface area contributed by atoms with Gasteiger partial charge in [0.15, 0.2) is 0 Å². The molecular weight excluding hydrogens is 755 g/mol. The van der Waals surface area contributed by atoms with Crippen molar-refractivity contribution in [2.24, 2.45) is 0 Å². The number of nitrogens with one attached hydrogen (secondary N) is 1. The van der Waals surface area contributed by atoms with Gasteiger partial charge in [-0.15, -0.1) is 0 Å². The van der Waals surface area contributed by atoms with E-state index >= 15 is 0 Å². The minimum absolute atomic E-state index is 0.224. The summed E-state index contributed by atoms with van der Waals surface area (Å²) in [6, 6.07) is -0.943. The molecule has 356 valence electrons. The fourth-order valence-electron chi connectivity index (χ4n) is 8.70. The largest absolute Gasteiger partial charge is 0.394 e. The predicted molar refractivity (Wildman–Crippen MR) is 249 cm³/mol. The van der Waals surface area contributed by atoms with E-state index in [-0.39, 0.29) is 5.91 Å². The second kappa shape index (κ2) is 40.7. The molecule has 9 nitrogen and oxygen atoms in total. The van der Waals surface area contributed by atoms with E-state index in [2.05, 4.69) is 19.2 Å². The number of amides is 1. The summed E-state index contributed by atoms with van der Waals surface area (Å²) in [6.07, 6.45) is 39.3. The number of aliphatic hydroxyl groups excluding tert-OH is 6. The van der Waals surface area contributed by atoms with Crippen molar-refractivity contribution < 1.29 is 40.2 Å². The third kappa shape index (κ3) is 30.1. The van der Waals surface area contributed by atoms with Crippen molar-refractivity contribution in [2.45, 2.75) is 300 Å². The summed E-state index contributed by atoms with van der Waals surface area (Å²) in [6.45, 7) is 3.98. The molecular formula is C51H99NO8. The Labute approximate surface area is 369 Å². The van der Waals surface area contributed by atoms with Gasteiger partial charge in [-0.05, 0) is 12.8 Å². The number of aliphatic hydroxyl groups is 6. The molecule has 0 aromatic carbocycles. The Kier molecular flexibility index (Phi) is 38.6. The molecule has 1 aliphatic heterocycles. The van der Waals surface area contributed by atoms with Crippen LogP contribution < -0.4 is 5.32 Å². The first-order valence-electron chi connectivity index (χ1n) is 25.9. The Morgan fingerprint density at radius 1 is 0.517 bits per heavy atom. The molecule has 7 N–H and O–H groups in total. The summed E-state index contributed by atoms with van der Waals surface area (Å²) >= 11 is 0. The van der Waals surface area contributed by atoms with Gasteiger partial charge in [-0.25, -0.2) is 0 Å². The summed E-state index contributed by atoms with van der Waals surface area (Å²) in [4.78, 5) is 13.1. The predicted octanol–water partition coefficient (Wildman–Crippen LogP) is 11.1. The first kappa shape index (κ1) is 56.9. The quantitative estimate of drug-likeness (QED) is 0.0236. The molecule has 8 atom stereocenters. The smallest absolute Gasteiger partial charge is 0.220 e. The van der Waals surface area contributed by atoms with Crippen molar-refractivity contribution in [3.05, 3.63) is 12.2 Å². The normalized spacial score (nSPS) is 21.1. The summed E-state index contributed by atoms with van der Waals surface area (Å²) in [5.74, 6) is -0.224. The number of ether oxygens (including phenoxy) is 1. The highest BCUT2D eigenvalue weighted by Crippen LogP contribution is 2.23. The van der Waals surface area contributed by atoms with Crippen LogP contribution in [0.1, 0.15) is 251 Å². The maximum atomic E-state index is 13.1. The van der Waals surface area contributed by atoms with Gasteiger partial charge in [-0.1, -0.05) is 244 Å². The Hall–Kier alpha value is -1.07. The van der Waals surface area contributed by atoms with Gasteiger partial charge in [0.1, 0.15) is 36.6 Å². The average molecular weight is 854 g/mol. The SMILES string of the molecule is CCCCCCCCCCCCCCCCCCCCCCCCCC(=O)NC(C=C[C@H]1OC(CO)[C@H](O)C(O)C1O)C(O)C(O)CCCCCCCCCCCCCC. The van der Waals surface area contributed by atoms with Gasteiger partial charge in [0.25, 0.3) is 0 Å². The van der Waals surface area contributed by atoms with E-state index in [9.17, 15) is 35.4 Å². The Morgan fingerprint density at radius 3 is 1.23 bits per heavy atom. The van der Waals surface area contributed by atoms with E-state index in [1.807, 2.05) is 0 Å². The molecule has 1 aliphatic rings. The molecule has 1 amide bonds. The topological polar surface area (TPSA) is 160 Å². The Balaban J connectivity index is 2.29. The van der Waals surface area contributed by atoms with Crippen LogP contribution >= 0.6 is 0 Å². The maximum Gasteiger partial charge on any atom is 0.220 e. The van der Waals surface area contributed by atoms with E-state index in [0.29, 0.717) is 12.8 Å². The lowest BCUT2D eigenvalue weighted by molar-refractivity contribution is -0.216. The standard InChI is InChI=1S/C51H99NO8/c1-3-5-7-9-11-13-15-17-18-19-20-21-22-23-24-25-26-27-29-31-33-35-37-39-47(55)52-43(40-41-45-49(57)51(59)50(58)46(42-53)60-45)48(56)44(54)38-36-34-32-30-28-16-14-12-10-8-6-4-2/h40-41,43-46,48-51,53-54,56-59H,3-39,42H2,1-2H3,(H,52,55)/t43?,44?,45-,46?,48?,49?,50+,51?/m1/s1. The van der Waals surface area contributed by atoms with Crippen LogP contribution in [-0.4, -0.2) is 91.9 Å². The van der Waals surface area contributed by atoms with Crippen molar-refractivity contribution >= 4 is 5.91 Å². The molecule has 0 aliphatic carbocycles. The summed E-state index contributed by atoms with van der Waals surface area (Å²) < 4.78 is 5.60. The molecule has 1 heterocycles. The zero-order valence-electron chi connectivity index (χ0n) is 39.1. The molecule has 0 radical (unpaired) electrons. The summed E-state index contributed by atoms with van der Waals surface area (Å²) in [5, 5.41) is 65.5. The van der Waals surface area contributed by atoms with Crippen molar-refractivity contribution in [3.63, 3.8) is 0 Å². The van der Waals surface area contributed by atoms with Crippen LogP contribution in [0.2, 0.25) is 0 Å². The van der Waals surface area contributed by atoms with Gasteiger partial charge in [0.2, 0.25) is 5.91 Å². The van der Waals surface area contributed by atoms with Crippen LogP contribution in [0.15, 0.2) is 12.2 Å². The molecule has 1 fully saturated rings. The van der Waals surface area contributed by atoms with Crippen LogP contribution in [0.4, 0.5) is 0 Å². The van der Waals surface area contributed by atoms with Gasteiger partial charge < -0.3 is 40.7 Å². The monoisotopic (exact) mass is 854 g/mol. The van der Waals surface area contributed by atoms with E-state index in [4.69, 9.17) is 4.74 Å². The minimum atomic E-state index is -1.53. The molecule has 60 heavy (non-hydrogen) atoms. The van der Waals surface area contributed by atoms with Crippen molar-refractivity contribution in [3.8, 4) is 0 Å². The highest BCUT2D eigenvalue weighted by atomic mass is 16.5. The highest BCUT2D eigenvalue weighted by molar-refractivity contribution is 5.76. The minimum Gasteiger partial charge on any atom is -0.394 e. The Morgan fingerprint density at radius 2 is 0.867 bits per heavy atom. The second-order valence-electron chi connectivity index (χ2n) is 18.5. The summed E-state index contributed by atoms with van der Waals surface area (Å²) in [7, 11) is 0. The number of carbonyl (C=O) groups is 1. The maximum absolute atomic E-state index is 13.1. The van der Waals surface area contributed by atoms with E-state index in [1.165, 1.54) is 198 Å². The molecule has 0 spiro atoms. The number of hydrogen-bond donors (Lipinski definition) is 7. The summed E-state index contributed by atoms with van der Waals surface area (Å²) in [5.41, 5.74) is 0. The fraction of sp³-hybridized carbons (Fsp3) is 0.941. The molecule has 0 saturated carbocycles. The lowest BCUT2D eigenvalue weighted by atomic mass is 9.93. The van der Waals surface area contributed by atoms with Gasteiger partial charge in [0.05, 0.1) is 18.8 Å². The average Bonchev–Trinajstić information content (AvgIpc) is 3.25. The molecule has 1 saturated heterocycles. The zero-order valence-corrected chi connectivity index (χ0v) is 39.1. The lowest BCUT2D eigenvalue weighted by Gasteiger charge is -2.39. The number of carbonyl (C=O) groups excluding carboxylic acids is 1. The Bertz CT molecular complexity index is 965. The number of rotatable bonds is 43. The third-order valence-corrected chi connectivity index (χ3v) is 12.9. The van der Waals surface area contributed by atoms with E-state index in [0.717, 1.165) is 38.5 Å². The number of unbranched alkanes of at least 4 members (excludes halogenated alkanes) is 33. The lowest BCUT2D eigenvalue weighted by Crippen LogP contribution is -2.58. The van der Waals surface area contributed by atoms with Crippen LogP contribution in [0.25, 0.3) is 0 Å². The highest BCUT2D eigenvalue weighted by Gasteiger charge is 2.42. The van der Waals surface area contributed by atoms with Crippen molar-refractivity contribution in [1.29, 1.82) is 0 Å². The van der Waals surface area contributed by atoms with E-state index < -0.39 is 55.4 Å². The van der Waals surface area contributed by atoms with Crippen LogP contribution in [-0.2, 0) is 9.53 Å². The fourth-order valence-corrected chi connectivity index (χ4v) is 8.70.